The lowest BCUT2D eigenvalue weighted by atomic mass is 10.1. The van der Waals surface area contributed by atoms with E-state index in [0.29, 0.717) is 38.9 Å². The van der Waals surface area contributed by atoms with Crippen LogP contribution in [0, 0.1) is 0 Å². The van der Waals surface area contributed by atoms with Crippen LogP contribution in [-0.4, -0.2) is 80.9 Å². The van der Waals surface area contributed by atoms with Crippen molar-refractivity contribution in [2.75, 3.05) is 45.9 Å². The minimum absolute atomic E-state index is 0.0452. The van der Waals surface area contributed by atoms with E-state index in [1.54, 1.807) is 6.92 Å². The highest BCUT2D eigenvalue weighted by molar-refractivity contribution is 5.82. The zero-order valence-corrected chi connectivity index (χ0v) is 19.1. The van der Waals surface area contributed by atoms with Crippen LogP contribution in [0.5, 0.6) is 0 Å². The molecule has 1 atom stereocenters. The number of nitrogens with zero attached hydrogens (tertiary/aromatic N) is 1. The summed E-state index contributed by atoms with van der Waals surface area (Å²) in [6, 6.07) is -0.414. The molecule has 188 valence electrons. The van der Waals surface area contributed by atoms with E-state index < -0.39 is 24.1 Å². The minimum atomic E-state index is -0.915. The molecular weight excluding hydrogens is 422 g/mol. The molecule has 0 saturated heterocycles. The molecule has 0 rings (SSSR count). The van der Waals surface area contributed by atoms with Gasteiger partial charge in [-0.2, -0.15) is 0 Å². The van der Waals surface area contributed by atoms with E-state index in [1.807, 2.05) is 0 Å². The summed E-state index contributed by atoms with van der Waals surface area (Å²) in [5, 5.41) is 2.75. The molecule has 13 nitrogen and oxygen atoms in total. The molecule has 13 heteroatoms. The monoisotopic (exact) mass is 463 g/mol. The van der Waals surface area contributed by atoms with E-state index in [0.717, 1.165) is 19.3 Å². The number of amides is 4. The number of rotatable bonds is 16. The molecule has 4 amide bonds. The van der Waals surface area contributed by atoms with E-state index in [-0.39, 0.29) is 32.2 Å². The van der Waals surface area contributed by atoms with Crippen LogP contribution in [0.2, 0.25) is 0 Å². The number of nitrogens with two attached hydrogens (primary N) is 5. The molecule has 0 bridgehead atoms. The third-order valence-electron chi connectivity index (χ3n) is 3.97. The summed E-state index contributed by atoms with van der Waals surface area (Å²) in [5.41, 5.74) is 25.9. The molecule has 0 radical (unpaired) electrons. The Bertz CT molecular complexity index is 536. The van der Waals surface area contributed by atoms with Crippen molar-refractivity contribution in [2.45, 2.75) is 51.5 Å². The molecule has 0 aromatic carbocycles. The Balaban J connectivity index is 0. The highest BCUT2D eigenvalue weighted by Crippen LogP contribution is 2.03. The quantitative estimate of drug-likeness (QED) is 0.149. The molecule has 0 fully saturated rings. The number of carbonyl (C=O) groups excluding carboxylic acids is 4. The van der Waals surface area contributed by atoms with E-state index in [4.69, 9.17) is 32.4 Å². The van der Waals surface area contributed by atoms with E-state index in [2.05, 4.69) is 11.1 Å². The molecule has 0 heterocycles. The second-order valence-electron chi connectivity index (χ2n) is 6.82. The standard InChI is InChI=1S/C16H34N6O5.C3H7NO/c17-6-2-1-5-13(12-27-15(20)24)21-14(23)11-22(9-4-3-7-18)16(25)26-10-8-19;1-2-3(4)5/h13H,1-12,17-19H2,(H2,20,24)(H,21,23);2H2,1H3,(H2,4,5). The minimum Gasteiger partial charge on any atom is -0.448 e. The Morgan fingerprint density at radius 2 is 1.50 bits per heavy atom. The molecule has 0 aromatic heterocycles. The van der Waals surface area contributed by atoms with Crippen LogP contribution < -0.4 is 34.0 Å². The third kappa shape index (κ3) is 20.6. The Kier molecular flexibility index (Phi) is 21.3. The number of ether oxygens (including phenoxy) is 2. The van der Waals surface area contributed by atoms with Crippen molar-refractivity contribution in [2.24, 2.45) is 28.7 Å². The number of unbranched alkanes of at least 4 members (excludes halogenated alkanes) is 2. The lowest BCUT2D eigenvalue weighted by Crippen LogP contribution is -2.46. The van der Waals surface area contributed by atoms with Gasteiger partial charge in [0.1, 0.15) is 19.8 Å². The zero-order valence-electron chi connectivity index (χ0n) is 19.1. The summed E-state index contributed by atoms with van der Waals surface area (Å²) in [5.74, 6) is -0.636. The number of carbonyl (C=O) groups is 4. The topological polar surface area (TPSA) is 232 Å². The lowest BCUT2D eigenvalue weighted by Gasteiger charge is -2.24. The lowest BCUT2D eigenvalue weighted by molar-refractivity contribution is -0.123. The van der Waals surface area contributed by atoms with E-state index >= 15 is 0 Å². The third-order valence-corrected chi connectivity index (χ3v) is 3.97. The molecule has 0 saturated carbocycles. The van der Waals surface area contributed by atoms with Crippen LogP contribution in [0.1, 0.15) is 45.4 Å². The number of hydrogen-bond acceptors (Lipinski definition) is 9. The van der Waals surface area contributed by atoms with Gasteiger partial charge >= 0.3 is 12.2 Å². The van der Waals surface area contributed by atoms with Gasteiger partial charge in [-0.25, -0.2) is 9.59 Å². The van der Waals surface area contributed by atoms with Gasteiger partial charge < -0.3 is 43.5 Å². The largest absolute Gasteiger partial charge is 0.448 e. The van der Waals surface area contributed by atoms with Gasteiger partial charge in [0.15, 0.2) is 0 Å². The van der Waals surface area contributed by atoms with Crippen LogP contribution >= 0.6 is 0 Å². The number of hydrogen-bond donors (Lipinski definition) is 6. The number of nitrogens with one attached hydrogen (secondary N) is 1. The van der Waals surface area contributed by atoms with Gasteiger partial charge in [-0.05, 0) is 38.8 Å². The van der Waals surface area contributed by atoms with Gasteiger partial charge in [-0.15, -0.1) is 0 Å². The molecule has 11 N–H and O–H groups in total. The Labute approximate surface area is 189 Å². The Morgan fingerprint density at radius 1 is 0.906 bits per heavy atom. The average molecular weight is 464 g/mol. The van der Waals surface area contributed by atoms with Crippen molar-refractivity contribution in [3.05, 3.63) is 0 Å². The maximum Gasteiger partial charge on any atom is 0.410 e. The van der Waals surface area contributed by atoms with E-state index in [9.17, 15) is 19.2 Å². The fourth-order valence-electron chi connectivity index (χ4n) is 2.28. The summed E-state index contributed by atoms with van der Waals surface area (Å²) >= 11 is 0. The molecule has 32 heavy (non-hydrogen) atoms. The highest BCUT2D eigenvalue weighted by Gasteiger charge is 2.20. The smallest absolute Gasteiger partial charge is 0.410 e. The van der Waals surface area contributed by atoms with E-state index in [1.165, 1.54) is 4.90 Å². The number of primary amides is 2. The van der Waals surface area contributed by atoms with Gasteiger partial charge in [-0.1, -0.05) is 13.3 Å². The van der Waals surface area contributed by atoms with Crippen molar-refractivity contribution in [1.29, 1.82) is 0 Å². The molecule has 0 aliphatic heterocycles. The molecule has 0 aliphatic carbocycles. The fourth-order valence-corrected chi connectivity index (χ4v) is 2.28. The summed E-state index contributed by atoms with van der Waals surface area (Å²) < 4.78 is 9.78. The molecule has 1 unspecified atom stereocenters. The van der Waals surface area contributed by atoms with Crippen LogP contribution in [0.4, 0.5) is 9.59 Å². The predicted molar refractivity (Wildman–Crippen MR) is 120 cm³/mol. The zero-order chi connectivity index (χ0) is 24.8. The first-order chi connectivity index (χ1) is 15.2. The summed E-state index contributed by atoms with van der Waals surface area (Å²) in [6.45, 7) is 3.12. The first-order valence-corrected chi connectivity index (χ1v) is 10.7. The van der Waals surface area contributed by atoms with Gasteiger partial charge in [0.05, 0.1) is 6.04 Å². The van der Waals surface area contributed by atoms with Crippen molar-refractivity contribution in [1.82, 2.24) is 10.2 Å². The van der Waals surface area contributed by atoms with Crippen LogP contribution in [0.3, 0.4) is 0 Å². The van der Waals surface area contributed by atoms with Crippen LogP contribution in [-0.2, 0) is 19.1 Å². The average Bonchev–Trinajstić information content (AvgIpc) is 2.75. The Hall–Kier alpha value is -2.64. The van der Waals surface area contributed by atoms with Crippen molar-refractivity contribution >= 4 is 24.0 Å². The SMILES string of the molecule is CCC(N)=O.NCCCCC(COC(N)=O)NC(=O)CN(CCCCN)C(=O)OCCN. The first kappa shape index (κ1) is 31.5. The summed E-state index contributed by atoms with van der Waals surface area (Å²) in [4.78, 5) is 46.1. The van der Waals surface area contributed by atoms with Gasteiger partial charge in [0.25, 0.3) is 0 Å². The van der Waals surface area contributed by atoms with Crippen molar-refractivity contribution < 1.29 is 28.7 Å². The maximum absolute atomic E-state index is 12.3. The summed E-state index contributed by atoms with van der Waals surface area (Å²) in [7, 11) is 0. The maximum atomic E-state index is 12.3. The van der Waals surface area contributed by atoms with Crippen molar-refractivity contribution in [3.8, 4) is 0 Å². The van der Waals surface area contributed by atoms with Gasteiger partial charge in [-0.3, -0.25) is 14.5 Å². The predicted octanol–water partition coefficient (Wildman–Crippen LogP) is -1.29. The summed E-state index contributed by atoms with van der Waals surface area (Å²) in [6.07, 6.45) is 2.38. The molecule has 0 aliphatic rings. The highest BCUT2D eigenvalue weighted by atomic mass is 16.6. The normalized spacial score (nSPS) is 10.9. The first-order valence-electron chi connectivity index (χ1n) is 10.7. The molecule has 0 spiro atoms. The van der Waals surface area contributed by atoms with Gasteiger partial charge in [0, 0.05) is 19.5 Å². The van der Waals surface area contributed by atoms with Gasteiger partial charge in [0.2, 0.25) is 11.8 Å². The second-order valence-corrected chi connectivity index (χ2v) is 6.82. The van der Waals surface area contributed by atoms with Crippen LogP contribution in [0.15, 0.2) is 0 Å². The fraction of sp³-hybridized carbons (Fsp3) is 0.789. The second kappa shape index (κ2) is 21.6. The Morgan fingerprint density at radius 3 is 2.00 bits per heavy atom. The molecule has 0 aromatic rings. The van der Waals surface area contributed by atoms with Crippen molar-refractivity contribution in [3.63, 3.8) is 0 Å². The van der Waals surface area contributed by atoms with Crippen LogP contribution in [0.25, 0.3) is 0 Å². The molecular formula is C19H41N7O6.